The van der Waals surface area contributed by atoms with Crippen molar-refractivity contribution in [3.8, 4) is 0 Å². The van der Waals surface area contributed by atoms with E-state index in [0.29, 0.717) is 5.56 Å². The smallest absolute Gasteiger partial charge is 0.336 e. The Balaban J connectivity index is 2.70. The van der Waals surface area contributed by atoms with Crippen LogP contribution in [0.25, 0.3) is 0 Å². The van der Waals surface area contributed by atoms with Crippen LogP contribution in [0.5, 0.6) is 0 Å². The van der Waals surface area contributed by atoms with Crippen molar-refractivity contribution in [3.63, 3.8) is 0 Å². The van der Waals surface area contributed by atoms with Crippen molar-refractivity contribution in [1.29, 1.82) is 0 Å². The number of carboxylic acids is 2. The lowest BCUT2D eigenvalue weighted by Gasteiger charge is -2.16. The molecule has 3 N–H and O–H groups in total. The Bertz CT molecular complexity index is 512. The van der Waals surface area contributed by atoms with E-state index in [9.17, 15) is 19.7 Å². The minimum Gasteiger partial charge on any atom is -0.479 e. The number of rotatable bonds is 7. The second kappa shape index (κ2) is 6.59. The SMILES string of the molecule is O=C(O)C(O)C(OCc1ccc([N+](=O)[O-])cc1)C(=O)O. The Morgan fingerprint density at radius 3 is 2.15 bits per heavy atom. The highest BCUT2D eigenvalue weighted by molar-refractivity contribution is 5.83. The quantitative estimate of drug-likeness (QED) is 0.468. The first-order valence-corrected chi connectivity index (χ1v) is 5.31. The molecule has 0 spiro atoms. The predicted molar refractivity (Wildman–Crippen MR) is 63.0 cm³/mol. The van der Waals surface area contributed by atoms with Crippen LogP contribution in [0.4, 0.5) is 5.69 Å². The van der Waals surface area contributed by atoms with Crippen molar-refractivity contribution in [2.45, 2.75) is 18.8 Å². The topological polar surface area (TPSA) is 147 Å². The lowest BCUT2D eigenvalue weighted by atomic mass is 10.2. The molecule has 1 aromatic carbocycles. The summed E-state index contributed by atoms with van der Waals surface area (Å²) in [5, 5.41) is 36.9. The van der Waals surface area contributed by atoms with Gasteiger partial charge in [-0.25, -0.2) is 9.59 Å². The zero-order valence-corrected chi connectivity index (χ0v) is 10.0. The van der Waals surface area contributed by atoms with Crippen molar-refractivity contribution >= 4 is 17.6 Å². The Morgan fingerprint density at radius 1 is 1.20 bits per heavy atom. The van der Waals surface area contributed by atoms with E-state index in [0.717, 1.165) is 0 Å². The van der Waals surface area contributed by atoms with Gasteiger partial charge in [0.1, 0.15) is 0 Å². The molecule has 1 aromatic rings. The third kappa shape index (κ3) is 4.00. The molecule has 2 unspecified atom stereocenters. The minimum atomic E-state index is -2.20. The Hall–Kier alpha value is -2.52. The molecule has 0 aromatic heterocycles. The van der Waals surface area contributed by atoms with Crippen LogP contribution in [0.3, 0.4) is 0 Å². The first-order valence-electron chi connectivity index (χ1n) is 5.31. The number of aliphatic hydroxyl groups excluding tert-OH is 1. The monoisotopic (exact) mass is 285 g/mol. The highest BCUT2D eigenvalue weighted by Crippen LogP contribution is 2.14. The number of nitro benzene ring substituents is 1. The number of aliphatic carboxylic acids is 2. The number of carbonyl (C=O) groups is 2. The summed E-state index contributed by atoms with van der Waals surface area (Å²) in [6.07, 6.45) is -4.13. The zero-order chi connectivity index (χ0) is 15.3. The summed E-state index contributed by atoms with van der Waals surface area (Å²) in [6.45, 7) is -0.306. The number of aliphatic hydroxyl groups is 1. The molecule has 0 aliphatic carbocycles. The largest absolute Gasteiger partial charge is 0.479 e. The van der Waals surface area contributed by atoms with Gasteiger partial charge in [-0.15, -0.1) is 0 Å². The summed E-state index contributed by atoms with van der Waals surface area (Å²) in [5.41, 5.74) is 0.258. The summed E-state index contributed by atoms with van der Waals surface area (Å²) >= 11 is 0. The Labute approximate surface area is 112 Å². The minimum absolute atomic E-state index is 0.144. The fourth-order valence-corrected chi connectivity index (χ4v) is 1.33. The number of nitrogens with zero attached hydrogens (tertiary/aromatic N) is 1. The lowest BCUT2D eigenvalue weighted by Crippen LogP contribution is -2.41. The van der Waals surface area contributed by atoms with E-state index >= 15 is 0 Å². The van der Waals surface area contributed by atoms with Crippen LogP contribution >= 0.6 is 0 Å². The first-order chi connectivity index (χ1) is 9.32. The molecule has 9 nitrogen and oxygen atoms in total. The Kier molecular flexibility index (Phi) is 5.12. The number of benzene rings is 1. The molecule has 0 saturated carbocycles. The summed E-state index contributed by atoms with van der Waals surface area (Å²) < 4.78 is 4.81. The van der Waals surface area contributed by atoms with Crippen LogP contribution in [0.1, 0.15) is 5.56 Å². The van der Waals surface area contributed by atoms with Crippen LogP contribution < -0.4 is 0 Å². The Morgan fingerprint density at radius 2 is 1.75 bits per heavy atom. The summed E-state index contributed by atoms with van der Waals surface area (Å²) in [7, 11) is 0. The second-order valence-electron chi connectivity index (χ2n) is 3.78. The highest BCUT2D eigenvalue weighted by Gasteiger charge is 2.32. The molecule has 108 valence electrons. The molecule has 0 aliphatic heterocycles. The van der Waals surface area contributed by atoms with Crippen molar-refractivity contribution in [2.24, 2.45) is 0 Å². The fourth-order valence-electron chi connectivity index (χ4n) is 1.33. The van der Waals surface area contributed by atoms with Gasteiger partial charge in [0.2, 0.25) is 0 Å². The molecular formula is C11H11NO8. The number of hydrogen-bond acceptors (Lipinski definition) is 6. The van der Waals surface area contributed by atoms with E-state index < -0.39 is 29.1 Å². The van der Waals surface area contributed by atoms with Crippen LogP contribution in [0.2, 0.25) is 0 Å². The van der Waals surface area contributed by atoms with E-state index in [1.165, 1.54) is 24.3 Å². The first kappa shape index (κ1) is 15.5. The van der Waals surface area contributed by atoms with Gasteiger partial charge < -0.3 is 20.1 Å². The van der Waals surface area contributed by atoms with Gasteiger partial charge in [0.05, 0.1) is 11.5 Å². The lowest BCUT2D eigenvalue weighted by molar-refractivity contribution is -0.384. The maximum atomic E-state index is 10.8. The van der Waals surface area contributed by atoms with Crippen molar-refractivity contribution < 1.29 is 34.6 Å². The molecule has 0 fully saturated rings. The van der Waals surface area contributed by atoms with E-state index in [4.69, 9.17) is 20.1 Å². The third-order valence-corrected chi connectivity index (χ3v) is 2.36. The molecule has 20 heavy (non-hydrogen) atoms. The molecule has 2 atom stereocenters. The number of hydrogen-bond donors (Lipinski definition) is 3. The van der Waals surface area contributed by atoms with Crippen molar-refractivity contribution in [1.82, 2.24) is 0 Å². The molecule has 0 aliphatic rings. The molecule has 1 rings (SSSR count). The van der Waals surface area contributed by atoms with E-state index in [-0.39, 0.29) is 12.3 Å². The van der Waals surface area contributed by atoms with Crippen LogP contribution in [0.15, 0.2) is 24.3 Å². The average Bonchev–Trinajstić information content (AvgIpc) is 2.38. The van der Waals surface area contributed by atoms with Gasteiger partial charge >= 0.3 is 11.9 Å². The fraction of sp³-hybridized carbons (Fsp3) is 0.273. The van der Waals surface area contributed by atoms with Gasteiger partial charge in [0, 0.05) is 12.1 Å². The normalized spacial score (nSPS) is 13.4. The van der Waals surface area contributed by atoms with Gasteiger partial charge in [-0.1, -0.05) is 0 Å². The number of carboxylic acid groups (broad SMARTS) is 2. The van der Waals surface area contributed by atoms with Gasteiger partial charge in [-0.05, 0) is 17.7 Å². The molecule has 0 bridgehead atoms. The molecular weight excluding hydrogens is 274 g/mol. The second-order valence-corrected chi connectivity index (χ2v) is 3.78. The molecule has 0 saturated heterocycles. The number of non-ortho nitro benzene ring substituents is 1. The number of nitro groups is 1. The highest BCUT2D eigenvalue weighted by atomic mass is 16.6. The maximum Gasteiger partial charge on any atom is 0.336 e. The van der Waals surface area contributed by atoms with Gasteiger partial charge in [-0.2, -0.15) is 0 Å². The predicted octanol–water partition coefficient (Wildman–Crippen LogP) is 0.0101. The molecule has 0 amide bonds. The van der Waals surface area contributed by atoms with Gasteiger partial charge in [0.15, 0.2) is 12.2 Å². The summed E-state index contributed by atoms with van der Waals surface area (Å²) in [5.74, 6) is -3.34. The number of ether oxygens (including phenoxy) is 1. The molecule has 0 radical (unpaired) electrons. The summed E-state index contributed by atoms with van der Waals surface area (Å²) in [6, 6.07) is 5.07. The summed E-state index contributed by atoms with van der Waals surface area (Å²) in [4.78, 5) is 31.1. The third-order valence-electron chi connectivity index (χ3n) is 2.36. The maximum absolute atomic E-state index is 10.8. The average molecular weight is 285 g/mol. The van der Waals surface area contributed by atoms with Crippen molar-refractivity contribution in [2.75, 3.05) is 0 Å². The van der Waals surface area contributed by atoms with Gasteiger partial charge in [-0.3, -0.25) is 10.1 Å². The van der Waals surface area contributed by atoms with E-state index in [2.05, 4.69) is 0 Å². The molecule has 0 heterocycles. The van der Waals surface area contributed by atoms with E-state index in [1.807, 2.05) is 0 Å². The van der Waals surface area contributed by atoms with Crippen LogP contribution in [-0.2, 0) is 20.9 Å². The van der Waals surface area contributed by atoms with Crippen molar-refractivity contribution in [3.05, 3.63) is 39.9 Å². The zero-order valence-electron chi connectivity index (χ0n) is 10.0. The van der Waals surface area contributed by atoms with Crippen LogP contribution in [0, 0.1) is 10.1 Å². The standard InChI is InChI=1S/C11H11NO8/c13-8(10(14)15)9(11(16)17)20-5-6-1-3-7(4-2-6)12(18)19/h1-4,8-9,13H,5H2,(H,14,15)(H,16,17). The van der Waals surface area contributed by atoms with Crippen LogP contribution in [-0.4, -0.2) is 44.4 Å². The van der Waals surface area contributed by atoms with Gasteiger partial charge in [0.25, 0.3) is 5.69 Å². The molecule has 9 heteroatoms. The van der Waals surface area contributed by atoms with E-state index in [1.54, 1.807) is 0 Å².